The van der Waals surface area contributed by atoms with Crippen LogP contribution in [0, 0.1) is 6.92 Å². The van der Waals surface area contributed by atoms with Crippen LogP contribution in [-0.4, -0.2) is 36.3 Å². The standard InChI is InChI=1S/C9H14F2N4/c1-7-2-3-9(14-13-7)15(5-4-12)6-8(10)11/h2-3,8H,4-6,12H2,1H3. The molecule has 0 aromatic carbocycles. The van der Waals surface area contributed by atoms with Gasteiger partial charge in [0.2, 0.25) is 0 Å². The molecule has 84 valence electrons. The van der Waals surface area contributed by atoms with Gasteiger partial charge in [-0.25, -0.2) is 8.78 Å². The Balaban J connectivity index is 2.74. The molecule has 1 aromatic rings. The molecule has 0 radical (unpaired) electrons. The topological polar surface area (TPSA) is 55.0 Å². The van der Waals surface area contributed by atoms with Crippen molar-refractivity contribution in [1.29, 1.82) is 0 Å². The maximum absolute atomic E-state index is 12.2. The van der Waals surface area contributed by atoms with Crippen LogP contribution < -0.4 is 10.6 Å². The molecule has 15 heavy (non-hydrogen) atoms. The van der Waals surface area contributed by atoms with Crippen LogP contribution in [0.15, 0.2) is 12.1 Å². The number of anilines is 1. The number of aromatic nitrogens is 2. The van der Waals surface area contributed by atoms with Crippen molar-refractivity contribution in [3.05, 3.63) is 17.8 Å². The molecule has 0 aliphatic carbocycles. The zero-order valence-corrected chi connectivity index (χ0v) is 8.53. The van der Waals surface area contributed by atoms with E-state index >= 15 is 0 Å². The number of aryl methyl sites for hydroxylation is 1. The third kappa shape index (κ3) is 3.75. The van der Waals surface area contributed by atoms with Gasteiger partial charge >= 0.3 is 0 Å². The summed E-state index contributed by atoms with van der Waals surface area (Å²) in [6.45, 7) is 2.08. The van der Waals surface area contributed by atoms with Gasteiger partial charge in [0.1, 0.15) is 0 Å². The van der Waals surface area contributed by atoms with Crippen LogP contribution in [0.4, 0.5) is 14.6 Å². The molecule has 0 atom stereocenters. The van der Waals surface area contributed by atoms with E-state index < -0.39 is 6.43 Å². The molecule has 0 aliphatic heterocycles. The molecule has 0 fully saturated rings. The zero-order chi connectivity index (χ0) is 11.3. The van der Waals surface area contributed by atoms with Crippen LogP contribution in [0.3, 0.4) is 0 Å². The third-order valence-electron chi connectivity index (χ3n) is 1.87. The number of halogens is 2. The zero-order valence-electron chi connectivity index (χ0n) is 8.53. The molecule has 6 heteroatoms. The number of rotatable bonds is 5. The van der Waals surface area contributed by atoms with Gasteiger partial charge in [-0.3, -0.25) is 0 Å². The first-order valence-electron chi connectivity index (χ1n) is 4.67. The van der Waals surface area contributed by atoms with Crippen molar-refractivity contribution in [3.8, 4) is 0 Å². The highest BCUT2D eigenvalue weighted by Crippen LogP contribution is 2.10. The van der Waals surface area contributed by atoms with E-state index in [0.29, 0.717) is 18.9 Å². The number of nitrogens with two attached hydrogens (primary N) is 1. The first-order chi connectivity index (χ1) is 7.13. The van der Waals surface area contributed by atoms with Crippen molar-refractivity contribution in [2.24, 2.45) is 5.73 Å². The number of hydrogen-bond acceptors (Lipinski definition) is 4. The summed E-state index contributed by atoms with van der Waals surface area (Å²) in [7, 11) is 0. The Bertz CT molecular complexity index is 289. The monoisotopic (exact) mass is 216 g/mol. The Hall–Kier alpha value is -1.30. The minimum Gasteiger partial charge on any atom is -0.348 e. The van der Waals surface area contributed by atoms with Crippen molar-refractivity contribution in [1.82, 2.24) is 10.2 Å². The highest BCUT2D eigenvalue weighted by Gasteiger charge is 2.13. The van der Waals surface area contributed by atoms with Crippen molar-refractivity contribution >= 4 is 5.82 Å². The molecule has 0 aliphatic rings. The number of hydrogen-bond donors (Lipinski definition) is 1. The largest absolute Gasteiger partial charge is 0.348 e. The molecule has 0 saturated carbocycles. The Morgan fingerprint density at radius 1 is 1.40 bits per heavy atom. The van der Waals surface area contributed by atoms with E-state index in [-0.39, 0.29) is 6.54 Å². The van der Waals surface area contributed by atoms with E-state index in [1.807, 2.05) is 0 Å². The second kappa shape index (κ2) is 5.55. The van der Waals surface area contributed by atoms with Gasteiger partial charge < -0.3 is 10.6 Å². The maximum Gasteiger partial charge on any atom is 0.255 e. The lowest BCUT2D eigenvalue weighted by Gasteiger charge is -2.21. The van der Waals surface area contributed by atoms with Gasteiger partial charge in [-0.1, -0.05) is 0 Å². The van der Waals surface area contributed by atoms with Crippen LogP contribution in [-0.2, 0) is 0 Å². The fraction of sp³-hybridized carbons (Fsp3) is 0.556. The fourth-order valence-electron chi connectivity index (χ4n) is 1.18. The number of alkyl halides is 2. The lowest BCUT2D eigenvalue weighted by molar-refractivity contribution is 0.154. The van der Waals surface area contributed by atoms with Crippen molar-refractivity contribution in [2.75, 3.05) is 24.5 Å². The summed E-state index contributed by atoms with van der Waals surface area (Å²) in [5.74, 6) is 0.436. The van der Waals surface area contributed by atoms with Gasteiger partial charge in [-0.05, 0) is 19.1 Å². The molecule has 0 spiro atoms. The Kier molecular flexibility index (Phi) is 4.36. The minimum atomic E-state index is -2.40. The van der Waals surface area contributed by atoms with Gasteiger partial charge in [0.05, 0.1) is 12.2 Å². The summed E-state index contributed by atoms with van der Waals surface area (Å²) >= 11 is 0. The predicted octanol–water partition coefficient (Wildman–Crippen LogP) is 0.815. The molecule has 0 saturated heterocycles. The van der Waals surface area contributed by atoms with Gasteiger partial charge in [0.25, 0.3) is 6.43 Å². The average Bonchev–Trinajstić information content (AvgIpc) is 2.17. The molecular weight excluding hydrogens is 202 g/mol. The summed E-state index contributed by atoms with van der Waals surface area (Å²) in [6, 6.07) is 3.40. The molecule has 2 N–H and O–H groups in total. The fourth-order valence-corrected chi connectivity index (χ4v) is 1.18. The highest BCUT2D eigenvalue weighted by molar-refractivity contribution is 5.37. The van der Waals surface area contributed by atoms with Gasteiger partial charge in [0.15, 0.2) is 5.82 Å². The Labute approximate surface area is 87.1 Å². The normalized spacial score (nSPS) is 10.7. The van der Waals surface area contributed by atoms with Crippen LogP contribution in [0.1, 0.15) is 5.69 Å². The summed E-state index contributed by atoms with van der Waals surface area (Å²) in [5, 5.41) is 7.65. The summed E-state index contributed by atoms with van der Waals surface area (Å²) in [6.07, 6.45) is -2.40. The number of nitrogens with zero attached hydrogens (tertiary/aromatic N) is 3. The minimum absolute atomic E-state index is 0.308. The van der Waals surface area contributed by atoms with Crippen LogP contribution in [0.2, 0.25) is 0 Å². The molecule has 1 aromatic heterocycles. The van der Waals surface area contributed by atoms with Crippen LogP contribution >= 0.6 is 0 Å². The lowest BCUT2D eigenvalue weighted by Crippen LogP contribution is -2.34. The molecule has 0 unspecified atom stereocenters. The van der Waals surface area contributed by atoms with E-state index in [4.69, 9.17) is 5.73 Å². The summed E-state index contributed by atoms with van der Waals surface area (Å²) in [4.78, 5) is 1.43. The van der Waals surface area contributed by atoms with Gasteiger partial charge in [0, 0.05) is 13.1 Å². The lowest BCUT2D eigenvalue weighted by atomic mass is 10.4. The van der Waals surface area contributed by atoms with Crippen LogP contribution in [0.5, 0.6) is 0 Å². The molecule has 0 bridgehead atoms. The molecule has 0 amide bonds. The molecule has 1 rings (SSSR count). The quantitative estimate of drug-likeness (QED) is 0.791. The van der Waals surface area contributed by atoms with Crippen molar-refractivity contribution < 1.29 is 8.78 Å². The first-order valence-corrected chi connectivity index (χ1v) is 4.67. The Morgan fingerprint density at radius 2 is 2.13 bits per heavy atom. The van der Waals surface area contributed by atoms with E-state index in [1.165, 1.54) is 4.90 Å². The first kappa shape index (κ1) is 11.8. The van der Waals surface area contributed by atoms with Gasteiger partial charge in [-0.15, -0.1) is 5.10 Å². The molecule has 1 heterocycles. The third-order valence-corrected chi connectivity index (χ3v) is 1.87. The van der Waals surface area contributed by atoms with E-state index in [2.05, 4.69) is 10.2 Å². The van der Waals surface area contributed by atoms with E-state index in [9.17, 15) is 8.78 Å². The second-order valence-electron chi connectivity index (χ2n) is 3.16. The van der Waals surface area contributed by atoms with Gasteiger partial charge in [-0.2, -0.15) is 5.10 Å². The summed E-state index contributed by atoms with van der Waals surface area (Å²) < 4.78 is 24.5. The smallest absolute Gasteiger partial charge is 0.255 e. The SMILES string of the molecule is Cc1ccc(N(CCN)CC(F)F)nn1. The maximum atomic E-state index is 12.2. The van der Waals surface area contributed by atoms with Crippen molar-refractivity contribution in [2.45, 2.75) is 13.3 Å². The Morgan fingerprint density at radius 3 is 2.60 bits per heavy atom. The van der Waals surface area contributed by atoms with Crippen molar-refractivity contribution in [3.63, 3.8) is 0 Å². The summed E-state index contributed by atoms with van der Waals surface area (Å²) in [5.41, 5.74) is 6.09. The van der Waals surface area contributed by atoms with E-state index in [0.717, 1.165) is 5.69 Å². The second-order valence-corrected chi connectivity index (χ2v) is 3.16. The molecular formula is C9H14F2N4. The molecule has 4 nitrogen and oxygen atoms in total. The predicted molar refractivity (Wildman–Crippen MR) is 54.0 cm³/mol. The van der Waals surface area contributed by atoms with Crippen LogP contribution in [0.25, 0.3) is 0 Å². The average molecular weight is 216 g/mol. The van der Waals surface area contributed by atoms with E-state index in [1.54, 1.807) is 19.1 Å². The highest BCUT2D eigenvalue weighted by atomic mass is 19.3.